The molecule has 1 aromatic rings. The number of benzene rings is 1. The summed E-state index contributed by atoms with van der Waals surface area (Å²) in [6, 6.07) is 6.68. The van der Waals surface area contributed by atoms with Crippen molar-refractivity contribution in [3.8, 4) is 0 Å². The molecule has 0 aromatic heterocycles. The van der Waals surface area contributed by atoms with Crippen LogP contribution in [0, 0.1) is 16.7 Å². The van der Waals surface area contributed by atoms with Crippen LogP contribution in [0.3, 0.4) is 0 Å². The molecule has 102 valence electrons. The van der Waals surface area contributed by atoms with Gasteiger partial charge in [0.25, 0.3) is 0 Å². The minimum Gasteiger partial charge on any atom is -0.481 e. The third-order valence-corrected chi connectivity index (χ3v) is 4.34. The highest BCUT2D eigenvalue weighted by atomic mass is 35.5. The number of carbonyl (C=O) groups excluding carboxylic acids is 1. The van der Waals surface area contributed by atoms with Gasteiger partial charge in [0.05, 0.1) is 5.41 Å². The molecule has 19 heavy (non-hydrogen) atoms. The molecule has 1 aliphatic carbocycles. The zero-order valence-electron chi connectivity index (χ0n) is 11.2. The lowest BCUT2D eigenvalue weighted by Gasteiger charge is -2.28. The summed E-state index contributed by atoms with van der Waals surface area (Å²) >= 11 is 5.87. The van der Waals surface area contributed by atoms with E-state index in [1.807, 2.05) is 20.8 Å². The van der Waals surface area contributed by atoms with Crippen LogP contribution in [0.25, 0.3) is 0 Å². The van der Waals surface area contributed by atoms with Crippen LogP contribution in [0.1, 0.15) is 37.6 Å². The van der Waals surface area contributed by atoms with E-state index in [0.29, 0.717) is 17.0 Å². The molecule has 0 bridgehead atoms. The number of Topliss-reactive ketones (excluding diaryl/α,β-unsaturated/α-hetero) is 1. The Morgan fingerprint density at radius 3 is 2.42 bits per heavy atom. The highest BCUT2D eigenvalue weighted by Gasteiger charge is 2.69. The second-order valence-electron chi connectivity index (χ2n) is 6.16. The summed E-state index contributed by atoms with van der Waals surface area (Å²) in [6.07, 6.45) is 0.400. The standard InChI is InChI=1S/C15H17ClO3/c1-14(2,3)15(13(18)19)8-11(15)12(17)9-5-4-6-10(16)7-9/h4-7,11H,8H2,1-3H3,(H,18,19). The van der Waals surface area contributed by atoms with Gasteiger partial charge in [-0.15, -0.1) is 0 Å². The third kappa shape index (κ3) is 2.16. The highest BCUT2D eigenvalue weighted by Crippen LogP contribution is 2.64. The predicted molar refractivity (Wildman–Crippen MR) is 73.4 cm³/mol. The van der Waals surface area contributed by atoms with E-state index in [9.17, 15) is 14.7 Å². The van der Waals surface area contributed by atoms with E-state index in [1.165, 1.54) is 0 Å². The van der Waals surface area contributed by atoms with Gasteiger partial charge in [-0.05, 0) is 24.0 Å². The first-order chi connectivity index (χ1) is 8.70. The number of carboxylic acids is 1. The lowest BCUT2D eigenvalue weighted by atomic mass is 9.75. The average molecular weight is 281 g/mol. The second kappa shape index (κ2) is 4.34. The number of carboxylic acid groups (broad SMARTS) is 1. The maximum atomic E-state index is 12.4. The molecular weight excluding hydrogens is 264 g/mol. The van der Waals surface area contributed by atoms with E-state index >= 15 is 0 Å². The van der Waals surface area contributed by atoms with Crippen LogP contribution in [0.15, 0.2) is 24.3 Å². The Hall–Kier alpha value is -1.35. The third-order valence-electron chi connectivity index (χ3n) is 4.11. The smallest absolute Gasteiger partial charge is 0.310 e. The van der Waals surface area contributed by atoms with Gasteiger partial charge >= 0.3 is 5.97 Å². The molecule has 3 nitrogen and oxygen atoms in total. The molecule has 0 aliphatic heterocycles. The molecule has 0 radical (unpaired) electrons. The molecule has 2 atom stereocenters. The lowest BCUT2D eigenvalue weighted by Crippen LogP contribution is -2.34. The fourth-order valence-electron chi connectivity index (χ4n) is 2.81. The largest absolute Gasteiger partial charge is 0.481 e. The maximum absolute atomic E-state index is 12.4. The minimum atomic E-state index is -0.952. The van der Waals surface area contributed by atoms with Gasteiger partial charge in [-0.3, -0.25) is 9.59 Å². The van der Waals surface area contributed by atoms with Gasteiger partial charge < -0.3 is 5.11 Å². The molecule has 0 spiro atoms. The summed E-state index contributed by atoms with van der Waals surface area (Å²) < 4.78 is 0. The Morgan fingerprint density at radius 2 is 2.00 bits per heavy atom. The SMILES string of the molecule is CC(C)(C)C1(C(=O)O)CC1C(=O)c1cccc(Cl)c1. The van der Waals surface area contributed by atoms with Crippen molar-refractivity contribution in [2.75, 3.05) is 0 Å². The predicted octanol–water partition coefficient (Wildman–Crippen LogP) is 3.66. The molecule has 1 aromatic carbocycles. The first-order valence-electron chi connectivity index (χ1n) is 6.23. The molecular formula is C15H17ClO3. The van der Waals surface area contributed by atoms with Crippen LogP contribution in [-0.4, -0.2) is 16.9 Å². The Labute approximate surface area is 117 Å². The number of rotatable bonds is 3. The number of aliphatic carboxylic acids is 1. The summed E-state index contributed by atoms with van der Waals surface area (Å²) in [5.74, 6) is -1.47. The van der Waals surface area contributed by atoms with Crippen molar-refractivity contribution < 1.29 is 14.7 Å². The van der Waals surface area contributed by atoms with Crippen molar-refractivity contribution in [2.45, 2.75) is 27.2 Å². The maximum Gasteiger partial charge on any atom is 0.310 e. The van der Waals surface area contributed by atoms with E-state index < -0.39 is 22.7 Å². The van der Waals surface area contributed by atoms with Crippen LogP contribution >= 0.6 is 11.6 Å². The molecule has 0 heterocycles. The zero-order valence-corrected chi connectivity index (χ0v) is 12.0. The van der Waals surface area contributed by atoms with Gasteiger partial charge in [0, 0.05) is 16.5 Å². The van der Waals surface area contributed by atoms with E-state index in [1.54, 1.807) is 24.3 Å². The highest BCUT2D eigenvalue weighted by molar-refractivity contribution is 6.31. The number of halogens is 1. The first kappa shape index (κ1) is 14.1. The Balaban J connectivity index is 2.31. The fourth-order valence-corrected chi connectivity index (χ4v) is 3.00. The van der Waals surface area contributed by atoms with Crippen molar-refractivity contribution in [2.24, 2.45) is 16.7 Å². The van der Waals surface area contributed by atoms with Crippen LogP contribution in [-0.2, 0) is 4.79 Å². The molecule has 2 unspecified atom stereocenters. The van der Waals surface area contributed by atoms with E-state index in [2.05, 4.69) is 0 Å². The monoisotopic (exact) mass is 280 g/mol. The number of carbonyl (C=O) groups is 2. The minimum absolute atomic E-state index is 0.125. The van der Waals surface area contributed by atoms with Crippen molar-refractivity contribution >= 4 is 23.4 Å². The van der Waals surface area contributed by atoms with Crippen molar-refractivity contribution in [3.63, 3.8) is 0 Å². The normalized spacial score (nSPS) is 26.0. The zero-order chi connectivity index (χ0) is 14.4. The molecule has 0 saturated heterocycles. The van der Waals surface area contributed by atoms with Crippen LogP contribution in [0.5, 0.6) is 0 Å². The molecule has 0 amide bonds. The van der Waals surface area contributed by atoms with Crippen LogP contribution < -0.4 is 0 Å². The molecule has 1 aliphatic rings. The number of ketones is 1. The van der Waals surface area contributed by atoms with Gasteiger partial charge in [0.15, 0.2) is 5.78 Å². The van der Waals surface area contributed by atoms with Gasteiger partial charge in [-0.2, -0.15) is 0 Å². The molecule has 4 heteroatoms. The van der Waals surface area contributed by atoms with Crippen molar-refractivity contribution in [1.82, 2.24) is 0 Å². The topological polar surface area (TPSA) is 54.4 Å². The van der Waals surface area contributed by atoms with Crippen molar-refractivity contribution in [3.05, 3.63) is 34.9 Å². The fraction of sp³-hybridized carbons (Fsp3) is 0.467. The van der Waals surface area contributed by atoms with E-state index in [4.69, 9.17) is 11.6 Å². The van der Waals surface area contributed by atoms with Gasteiger partial charge in [-0.25, -0.2) is 0 Å². The molecule has 1 fully saturated rings. The Bertz CT molecular complexity index is 545. The van der Waals surface area contributed by atoms with E-state index in [0.717, 1.165) is 0 Å². The Kier molecular flexibility index (Phi) is 3.21. The van der Waals surface area contributed by atoms with Crippen LogP contribution in [0.2, 0.25) is 5.02 Å². The van der Waals surface area contributed by atoms with Crippen LogP contribution in [0.4, 0.5) is 0 Å². The van der Waals surface area contributed by atoms with E-state index in [-0.39, 0.29) is 5.78 Å². The first-order valence-corrected chi connectivity index (χ1v) is 6.61. The second-order valence-corrected chi connectivity index (χ2v) is 6.59. The molecule has 1 N–H and O–H groups in total. The summed E-state index contributed by atoms with van der Waals surface area (Å²) in [5.41, 5.74) is -0.908. The lowest BCUT2D eigenvalue weighted by molar-refractivity contribution is -0.148. The summed E-state index contributed by atoms with van der Waals surface area (Å²) in [5, 5.41) is 9.97. The summed E-state index contributed by atoms with van der Waals surface area (Å²) in [7, 11) is 0. The van der Waals surface area contributed by atoms with Crippen molar-refractivity contribution in [1.29, 1.82) is 0 Å². The Morgan fingerprint density at radius 1 is 1.37 bits per heavy atom. The van der Waals surface area contributed by atoms with Gasteiger partial charge in [0.1, 0.15) is 0 Å². The van der Waals surface area contributed by atoms with Gasteiger partial charge in [-0.1, -0.05) is 44.5 Å². The summed E-state index contributed by atoms with van der Waals surface area (Å²) in [4.78, 5) is 24.0. The van der Waals surface area contributed by atoms with Gasteiger partial charge in [0.2, 0.25) is 0 Å². The molecule has 2 rings (SSSR count). The number of hydrogen-bond acceptors (Lipinski definition) is 2. The molecule has 1 saturated carbocycles. The number of hydrogen-bond donors (Lipinski definition) is 1. The summed E-state index contributed by atoms with van der Waals surface area (Å²) in [6.45, 7) is 5.60. The average Bonchev–Trinajstić information content (AvgIpc) is 3.03. The quantitative estimate of drug-likeness (QED) is 0.860.